The zero-order chi connectivity index (χ0) is 18.6. The molecule has 27 heavy (non-hydrogen) atoms. The van der Waals surface area contributed by atoms with Gasteiger partial charge in [-0.25, -0.2) is 9.80 Å². The highest BCUT2D eigenvalue weighted by atomic mass is 16.2. The Morgan fingerprint density at radius 3 is 2.07 bits per heavy atom. The Balaban J connectivity index is 1.38. The van der Waals surface area contributed by atoms with E-state index in [0.717, 1.165) is 12.0 Å². The van der Waals surface area contributed by atoms with Crippen molar-refractivity contribution in [1.82, 2.24) is 14.8 Å². The third-order valence-electron chi connectivity index (χ3n) is 5.07. The summed E-state index contributed by atoms with van der Waals surface area (Å²) in [5, 5.41) is 5.88. The number of hydrogen-bond donors (Lipinski definition) is 0. The molecule has 1 saturated heterocycles. The van der Waals surface area contributed by atoms with Gasteiger partial charge in [-0.15, -0.1) is 0 Å². The Morgan fingerprint density at radius 1 is 0.815 bits per heavy atom. The summed E-state index contributed by atoms with van der Waals surface area (Å²) in [6.07, 6.45) is 2.52. The van der Waals surface area contributed by atoms with E-state index >= 15 is 0 Å². The predicted octanol–water partition coefficient (Wildman–Crippen LogP) is 3.00. The van der Waals surface area contributed by atoms with Crippen molar-refractivity contribution in [3.8, 4) is 0 Å². The summed E-state index contributed by atoms with van der Waals surface area (Å²) in [6, 6.07) is 19.1. The number of rotatable bonds is 2. The van der Waals surface area contributed by atoms with Gasteiger partial charge in [0.05, 0.1) is 6.04 Å². The summed E-state index contributed by atoms with van der Waals surface area (Å²) < 4.78 is 0. The van der Waals surface area contributed by atoms with Crippen molar-refractivity contribution in [3.63, 3.8) is 0 Å². The molecule has 2 aliphatic rings. The molecular formula is C21H22N4O2. The van der Waals surface area contributed by atoms with Gasteiger partial charge in [0.15, 0.2) is 0 Å². The Labute approximate surface area is 158 Å². The maximum atomic E-state index is 13.0. The highest BCUT2D eigenvalue weighted by molar-refractivity contribution is 5.94. The molecule has 2 aromatic rings. The number of benzene rings is 2. The van der Waals surface area contributed by atoms with E-state index in [1.807, 2.05) is 60.7 Å². The van der Waals surface area contributed by atoms with Crippen LogP contribution >= 0.6 is 0 Å². The van der Waals surface area contributed by atoms with E-state index < -0.39 is 0 Å². The minimum atomic E-state index is -0.0931. The lowest BCUT2D eigenvalue weighted by molar-refractivity contribution is 0.0630. The minimum absolute atomic E-state index is 0.0176. The number of hydrazone groups is 1. The van der Waals surface area contributed by atoms with Crippen LogP contribution in [-0.2, 0) is 0 Å². The average Bonchev–Trinajstić information content (AvgIpc) is 3.24. The minimum Gasteiger partial charge on any atom is -0.335 e. The smallest absolute Gasteiger partial charge is 0.335 e. The fourth-order valence-corrected chi connectivity index (χ4v) is 3.56. The maximum Gasteiger partial charge on any atom is 0.341 e. The van der Waals surface area contributed by atoms with Gasteiger partial charge >= 0.3 is 6.03 Å². The van der Waals surface area contributed by atoms with Gasteiger partial charge in [-0.2, -0.15) is 5.10 Å². The molecule has 6 heteroatoms. The van der Waals surface area contributed by atoms with Gasteiger partial charge in [0.1, 0.15) is 0 Å². The van der Waals surface area contributed by atoms with Gasteiger partial charge in [0, 0.05) is 44.4 Å². The van der Waals surface area contributed by atoms with Crippen molar-refractivity contribution in [2.24, 2.45) is 5.10 Å². The Kier molecular flexibility index (Phi) is 4.87. The molecule has 6 nitrogen and oxygen atoms in total. The molecule has 2 aromatic carbocycles. The third kappa shape index (κ3) is 3.56. The van der Waals surface area contributed by atoms with Crippen LogP contribution in [0.2, 0.25) is 0 Å². The Bertz CT molecular complexity index is 830. The second-order valence-corrected chi connectivity index (χ2v) is 6.73. The number of urea groups is 1. The molecule has 2 aliphatic heterocycles. The van der Waals surface area contributed by atoms with Crippen LogP contribution in [0.15, 0.2) is 65.8 Å². The normalized spacial score (nSPS) is 19.4. The van der Waals surface area contributed by atoms with Crippen molar-refractivity contribution < 1.29 is 9.59 Å². The second-order valence-electron chi connectivity index (χ2n) is 6.73. The highest BCUT2D eigenvalue weighted by Gasteiger charge is 2.33. The van der Waals surface area contributed by atoms with E-state index in [4.69, 9.17) is 0 Å². The van der Waals surface area contributed by atoms with Crippen LogP contribution in [0.5, 0.6) is 0 Å². The number of carbonyl (C=O) groups excluding carboxylic acids is 2. The number of carbonyl (C=O) groups is 2. The predicted molar refractivity (Wildman–Crippen MR) is 103 cm³/mol. The Hall–Kier alpha value is -3.15. The summed E-state index contributed by atoms with van der Waals surface area (Å²) in [5.41, 5.74) is 1.77. The van der Waals surface area contributed by atoms with Gasteiger partial charge in [0.25, 0.3) is 5.91 Å². The molecular weight excluding hydrogens is 340 g/mol. The number of amides is 3. The standard InChI is InChI=1S/C21H22N4O2/c26-20(18-9-5-2-6-10-18)23-13-15-24(16-14-23)21(27)25-19(11-12-22-25)17-7-3-1-4-8-17/h1-10,12,19H,11,13-16H2. The summed E-state index contributed by atoms with van der Waals surface area (Å²) in [4.78, 5) is 29.1. The molecule has 1 fully saturated rings. The largest absolute Gasteiger partial charge is 0.341 e. The molecule has 4 rings (SSSR count). The summed E-state index contributed by atoms with van der Waals surface area (Å²) in [7, 11) is 0. The summed E-state index contributed by atoms with van der Waals surface area (Å²) in [5.74, 6) is 0.0176. The van der Waals surface area contributed by atoms with Gasteiger partial charge in [-0.1, -0.05) is 48.5 Å². The van der Waals surface area contributed by atoms with Crippen LogP contribution in [-0.4, -0.2) is 59.1 Å². The quantitative estimate of drug-likeness (QED) is 0.825. The molecule has 3 amide bonds. The first-order valence-electron chi connectivity index (χ1n) is 9.24. The highest BCUT2D eigenvalue weighted by Crippen LogP contribution is 2.29. The van der Waals surface area contributed by atoms with Crippen LogP contribution in [0.4, 0.5) is 4.79 Å². The maximum absolute atomic E-state index is 13.0. The number of piperazine rings is 1. The van der Waals surface area contributed by atoms with Crippen molar-refractivity contribution in [3.05, 3.63) is 71.8 Å². The van der Waals surface area contributed by atoms with Crippen LogP contribution in [0.3, 0.4) is 0 Å². The SMILES string of the molecule is O=C(c1ccccc1)N1CCN(C(=O)N2N=CCC2c2ccccc2)CC1. The Morgan fingerprint density at radius 2 is 1.41 bits per heavy atom. The second kappa shape index (κ2) is 7.61. The molecule has 0 aromatic heterocycles. The lowest BCUT2D eigenvalue weighted by Gasteiger charge is -2.37. The molecule has 1 unspecified atom stereocenters. The fraction of sp³-hybridized carbons (Fsp3) is 0.286. The molecule has 0 bridgehead atoms. The first kappa shape index (κ1) is 17.3. The van der Waals surface area contributed by atoms with E-state index in [1.165, 1.54) is 0 Å². The van der Waals surface area contributed by atoms with E-state index in [9.17, 15) is 9.59 Å². The monoisotopic (exact) mass is 362 g/mol. The van der Waals surface area contributed by atoms with Crippen LogP contribution < -0.4 is 0 Å². The third-order valence-corrected chi connectivity index (χ3v) is 5.07. The van der Waals surface area contributed by atoms with Crippen LogP contribution in [0, 0.1) is 0 Å². The summed E-state index contributed by atoms with van der Waals surface area (Å²) in [6.45, 7) is 2.11. The van der Waals surface area contributed by atoms with E-state index in [0.29, 0.717) is 31.7 Å². The first-order chi connectivity index (χ1) is 13.2. The molecule has 0 aliphatic carbocycles. The molecule has 0 radical (unpaired) electrons. The zero-order valence-corrected chi connectivity index (χ0v) is 15.1. The number of hydrogen-bond acceptors (Lipinski definition) is 3. The lowest BCUT2D eigenvalue weighted by Crippen LogP contribution is -2.53. The van der Waals surface area contributed by atoms with Crippen LogP contribution in [0.25, 0.3) is 0 Å². The molecule has 1 atom stereocenters. The zero-order valence-electron chi connectivity index (χ0n) is 15.1. The van der Waals surface area contributed by atoms with Gasteiger partial charge in [0.2, 0.25) is 0 Å². The molecule has 0 saturated carbocycles. The average molecular weight is 362 g/mol. The van der Waals surface area contributed by atoms with Crippen molar-refractivity contribution in [2.75, 3.05) is 26.2 Å². The van der Waals surface area contributed by atoms with Gasteiger partial charge in [-0.05, 0) is 17.7 Å². The van der Waals surface area contributed by atoms with Gasteiger partial charge in [-0.3, -0.25) is 4.79 Å². The van der Waals surface area contributed by atoms with E-state index in [-0.39, 0.29) is 18.0 Å². The number of nitrogens with zero attached hydrogens (tertiary/aromatic N) is 4. The molecule has 138 valence electrons. The van der Waals surface area contributed by atoms with Crippen molar-refractivity contribution in [2.45, 2.75) is 12.5 Å². The lowest BCUT2D eigenvalue weighted by atomic mass is 10.1. The fourth-order valence-electron chi connectivity index (χ4n) is 3.56. The van der Waals surface area contributed by atoms with Gasteiger partial charge < -0.3 is 9.80 Å². The van der Waals surface area contributed by atoms with E-state index in [1.54, 1.807) is 21.0 Å². The molecule has 2 heterocycles. The van der Waals surface area contributed by atoms with Crippen molar-refractivity contribution >= 4 is 18.2 Å². The topological polar surface area (TPSA) is 56.2 Å². The summed E-state index contributed by atoms with van der Waals surface area (Å²) >= 11 is 0. The van der Waals surface area contributed by atoms with Crippen molar-refractivity contribution in [1.29, 1.82) is 0 Å². The molecule has 0 N–H and O–H groups in total. The molecule has 0 spiro atoms. The van der Waals surface area contributed by atoms with E-state index in [2.05, 4.69) is 5.10 Å². The first-order valence-corrected chi connectivity index (χ1v) is 9.24. The van der Waals surface area contributed by atoms with Crippen LogP contribution in [0.1, 0.15) is 28.4 Å².